The Bertz CT molecular complexity index is 425. The molecule has 1 unspecified atom stereocenters. The van der Waals surface area contributed by atoms with Gasteiger partial charge in [-0.3, -0.25) is 4.79 Å². The average molecular weight is 445 g/mol. The predicted octanol–water partition coefficient (Wildman–Crippen LogP) is 4.48. The minimum absolute atomic E-state index is 0.0541. The highest BCUT2D eigenvalue weighted by Crippen LogP contribution is 2.18. The third-order valence-corrected chi connectivity index (χ3v) is 4.35. The highest BCUT2D eigenvalue weighted by atomic mass is 127. The second-order valence-corrected chi connectivity index (χ2v) is 6.82. The molecule has 2 nitrogen and oxygen atoms in total. The Balaban J connectivity index is 2.83. The summed E-state index contributed by atoms with van der Waals surface area (Å²) in [5, 5.41) is 4.53. The topological polar surface area (TPSA) is 29.1 Å². The van der Waals surface area contributed by atoms with Crippen LogP contribution in [0.4, 0.5) is 0 Å². The molecule has 18 heavy (non-hydrogen) atoms. The van der Waals surface area contributed by atoms with Gasteiger partial charge >= 0.3 is 0 Å². The van der Waals surface area contributed by atoms with Gasteiger partial charge in [-0.1, -0.05) is 41.4 Å². The molecule has 1 rings (SSSR count). The zero-order chi connectivity index (χ0) is 13.7. The summed E-state index contributed by atoms with van der Waals surface area (Å²) in [7, 11) is 0. The van der Waals surface area contributed by atoms with E-state index in [-0.39, 0.29) is 11.9 Å². The summed E-state index contributed by atoms with van der Waals surface area (Å²) in [6, 6.07) is 5.53. The van der Waals surface area contributed by atoms with Crippen LogP contribution in [-0.4, -0.2) is 17.3 Å². The van der Waals surface area contributed by atoms with E-state index in [1.54, 1.807) is 12.1 Å². The third kappa shape index (κ3) is 4.70. The van der Waals surface area contributed by atoms with Crippen molar-refractivity contribution in [2.45, 2.75) is 26.3 Å². The first kappa shape index (κ1) is 16.2. The van der Waals surface area contributed by atoms with Crippen LogP contribution in [0.5, 0.6) is 0 Å². The maximum absolute atomic E-state index is 12.2. The monoisotopic (exact) mass is 443 g/mol. The van der Waals surface area contributed by atoms with Gasteiger partial charge in [-0.2, -0.15) is 0 Å². The van der Waals surface area contributed by atoms with Crippen LogP contribution in [0.25, 0.3) is 0 Å². The summed E-state index contributed by atoms with van der Waals surface area (Å²) in [5.41, 5.74) is 0.642. The molecule has 0 aliphatic carbocycles. The summed E-state index contributed by atoms with van der Waals surface area (Å²) >= 11 is 11.5. The quantitative estimate of drug-likeness (QED) is 0.527. The molecule has 100 valence electrons. The van der Waals surface area contributed by atoms with Crippen LogP contribution in [0.2, 0.25) is 5.02 Å². The number of amides is 1. The third-order valence-electron chi connectivity index (χ3n) is 2.71. The fraction of sp³-hybridized carbons (Fsp3) is 0.462. The van der Waals surface area contributed by atoms with Crippen molar-refractivity contribution < 1.29 is 4.79 Å². The van der Waals surface area contributed by atoms with Gasteiger partial charge in [-0.15, -0.1) is 0 Å². The number of nitrogens with one attached hydrogen (secondary N) is 1. The van der Waals surface area contributed by atoms with Crippen molar-refractivity contribution in [1.29, 1.82) is 0 Å². The first-order chi connectivity index (χ1) is 8.45. The molecule has 0 bridgehead atoms. The molecule has 0 saturated heterocycles. The molecule has 0 fully saturated rings. The van der Waals surface area contributed by atoms with Crippen molar-refractivity contribution in [3.63, 3.8) is 0 Å². The molecule has 1 amide bonds. The number of benzene rings is 1. The predicted molar refractivity (Wildman–Crippen MR) is 88.7 cm³/mol. The Morgan fingerprint density at radius 1 is 1.50 bits per heavy atom. The van der Waals surface area contributed by atoms with Crippen LogP contribution < -0.4 is 5.32 Å². The number of carbonyl (C=O) groups is 1. The lowest BCUT2D eigenvalue weighted by atomic mass is 10.0. The van der Waals surface area contributed by atoms with E-state index in [2.05, 4.69) is 57.7 Å². The van der Waals surface area contributed by atoms with E-state index in [4.69, 9.17) is 11.6 Å². The SMILES string of the molecule is CC(C)C(CCBr)NC(=O)c1cc(Cl)ccc1I. The van der Waals surface area contributed by atoms with E-state index in [0.29, 0.717) is 16.5 Å². The molecule has 1 N–H and O–H groups in total. The van der Waals surface area contributed by atoms with Crippen LogP contribution >= 0.6 is 50.1 Å². The van der Waals surface area contributed by atoms with E-state index < -0.39 is 0 Å². The summed E-state index contributed by atoms with van der Waals surface area (Å²) in [5.74, 6) is 0.352. The van der Waals surface area contributed by atoms with Gasteiger partial charge < -0.3 is 5.32 Å². The van der Waals surface area contributed by atoms with Crippen molar-refractivity contribution in [2.24, 2.45) is 5.92 Å². The molecular formula is C13H16BrClINO. The molecule has 0 heterocycles. The largest absolute Gasteiger partial charge is 0.349 e. The molecule has 5 heteroatoms. The van der Waals surface area contributed by atoms with Crippen LogP contribution in [0.3, 0.4) is 0 Å². The fourth-order valence-corrected chi connectivity index (χ4v) is 2.85. The fourth-order valence-electron chi connectivity index (χ4n) is 1.61. The maximum Gasteiger partial charge on any atom is 0.252 e. The minimum Gasteiger partial charge on any atom is -0.349 e. The first-order valence-electron chi connectivity index (χ1n) is 5.77. The van der Waals surface area contributed by atoms with Crippen LogP contribution in [0, 0.1) is 9.49 Å². The van der Waals surface area contributed by atoms with E-state index >= 15 is 0 Å². The van der Waals surface area contributed by atoms with Gasteiger partial charge in [0.15, 0.2) is 0 Å². The Hall–Kier alpha value is 0.190. The van der Waals surface area contributed by atoms with Gasteiger partial charge in [-0.05, 0) is 53.1 Å². The van der Waals surface area contributed by atoms with Crippen molar-refractivity contribution in [1.82, 2.24) is 5.32 Å². The second kappa shape index (κ2) is 7.70. The van der Waals surface area contributed by atoms with E-state index in [1.807, 2.05) is 6.07 Å². The number of carbonyl (C=O) groups excluding carboxylic acids is 1. The Kier molecular flexibility index (Phi) is 6.95. The smallest absolute Gasteiger partial charge is 0.252 e. The van der Waals surface area contributed by atoms with Crippen molar-refractivity contribution in [3.05, 3.63) is 32.4 Å². The number of hydrogen-bond acceptors (Lipinski definition) is 1. The Morgan fingerprint density at radius 3 is 2.72 bits per heavy atom. The molecule has 1 aromatic carbocycles. The van der Waals surface area contributed by atoms with Gasteiger partial charge in [0.2, 0.25) is 0 Å². The van der Waals surface area contributed by atoms with Gasteiger partial charge in [0.05, 0.1) is 5.56 Å². The lowest BCUT2D eigenvalue weighted by Crippen LogP contribution is -2.39. The van der Waals surface area contributed by atoms with Crippen LogP contribution in [-0.2, 0) is 0 Å². The minimum atomic E-state index is -0.0541. The number of hydrogen-bond donors (Lipinski definition) is 1. The molecule has 0 spiro atoms. The molecule has 0 aliphatic rings. The zero-order valence-electron chi connectivity index (χ0n) is 10.3. The number of rotatable bonds is 5. The normalized spacial score (nSPS) is 12.6. The molecule has 0 aromatic heterocycles. The van der Waals surface area contributed by atoms with Crippen molar-refractivity contribution in [3.8, 4) is 0 Å². The molecule has 1 atom stereocenters. The Morgan fingerprint density at radius 2 is 2.17 bits per heavy atom. The Labute approximate surface area is 135 Å². The van der Waals surface area contributed by atoms with Crippen LogP contribution in [0.1, 0.15) is 30.6 Å². The van der Waals surface area contributed by atoms with E-state index in [9.17, 15) is 4.79 Å². The number of alkyl halides is 1. The summed E-state index contributed by atoms with van der Waals surface area (Å²) < 4.78 is 0.913. The van der Waals surface area contributed by atoms with Gasteiger partial charge in [0, 0.05) is 20.0 Å². The summed E-state index contributed by atoms with van der Waals surface area (Å²) in [6.45, 7) is 4.22. The molecule has 0 aliphatic heterocycles. The van der Waals surface area contributed by atoms with Crippen LogP contribution in [0.15, 0.2) is 18.2 Å². The van der Waals surface area contributed by atoms with Gasteiger partial charge in [0.25, 0.3) is 5.91 Å². The average Bonchev–Trinajstić information content (AvgIpc) is 2.31. The second-order valence-electron chi connectivity index (χ2n) is 4.43. The summed E-state index contributed by atoms with van der Waals surface area (Å²) in [6.07, 6.45) is 0.917. The number of halogens is 3. The first-order valence-corrected chi connectivity index (χ1v) is 8.35. The van der Waals surface area contributed by atoms with Crippen molar-refractivity contribution >= 4 is 56.0 Å². The lowest BCUT2D eigenvalue weighted by Gasteiger charge is -2.22. The van der Waals surface area contributed by atoms with Gasteiger partial charge in [-0.25, -0.2) is 0 Å². The van der Waals surface area contributed by atoms with Crippen molar-refractivity contribution in [2.75, 3.05) is 5.33 Å². The summed E-state index contributed by atoms with van der Waals surface area (Å²) in [4.78, 5) is 12.2. The van der Waals surface area contributed by atoms with E-state index in [0.717, 1.165) is 15.3 Å². The lowest BCUT2D eigenvalue weighted by molar-refractivity contribution is 0.0924. The molecule has 0 saturated carbocycles. The zero-order valence-corrected chi connectivity index (χ0v) is 14.8. The highest BCUT2D eigenvalue weighted by molar-refractivity contribution is 14.1. The standard InChI is InChI=1S/C13H16BrClINO/c1-8(2)12(5-6-14)17-13(18)10-7-9(15)3-4-11(10)16/h3-4,7-8,12H,5-6H2,1-2H3,(H,17,18). The molecule has 1 aromatic rings. The molecule has 0 radical (unpaired) electrons. The van der Waals surface area contributed by atoms with E-state index in [1.165, 1.54) is 0 Å². The maximum atomic E-state index is 12.2. The highest BCUT2D eigenvalue weighted by Gasteiger charge is 2.18. The molecular weight excluding hydrogens is 428 g/mol. The van der Waals surface area contributed by atoms with Gasteiger partial charge in [0.1, 0.15) is 0 Å².